The summed E-state index contributed by atoms with van der Waals surface area (Å²) in [7, 11) is 2.22. The maximum atomic E-state index is 11.4. The van der Waals surface area contributed by atoms with Crippen molar-refractivity contribution in [2.24, 2.45) is 11.8 Å². The van der Waals surface area contributed by atoms with Crippen molar-refractivity contribution in [1.29, 1.82) is 0 Å². The number of likely N-dealkylation sites (tertiary alicyclic amines) is 2. The molecule has 0 aromatic carbocycles. The third-order valence-corrected chi connectivity index (χ3v) is 8.65. The highest BCUT2D eigenvalue weighted by Gasteiger charge is 2.53. The minimum atomic E-state index is -0.618. The second-order valence-corrected chi connectivity index (χ2v) is 11.7. The van der Waals surface area contributed by atoms with E-state index in [9.17, 15) is 10.2 Å². The van der Waals surface area contributed by atoms with Crippen molar-refractivity contribution in [2.45, 2.75) is 122 Å². The molecule has 166 valence electrons. The first kappa shape index (κ1) is 24.1. The highest BCUT2D eigenvalue weighted by molar-refractivity contribution is 5.08. The van der Waals surface area contributed by atoms with E-state index in [0.717, 1.165) is 51.6 Å². The largest absolute Gasteiger partial charge is 0.390 e. The third-order valence-electron chi connectivity index (χ3n) is 8.65. The van der Waals surface area contributed by atoms with Gasteiger partial charge in [-0.1, -0.05) is 20.8 Å². The van der Waals surface area contributed by atoms with Gasteiger partial charge in [-0.15, -0.1) is 0 Å². The van der Waals surface area contributed by atoms with Crippen LogP contribution in [-0.2, 0) is 0 Å². The SMILES string of the molecule is CC(C)N1CCC(O)(C(C)CCC2(C)CC(O)(C(C)C)CC(C)(C)N2C)CC1. The number of hydrogen-bond donors (Lipinski definition) is 2. The summed E-state index contributed by atoms with van der Waals surface area (Å²) >= 11 is 0. The first-order valence-electron chi connectivity index (χ1n) is 11.6. The van der Waals surface area contributed by atoms with Crippen LogP contribution in [0.4, 0.5) is 0 Å². The summed E-state index contributed by atoms with van der Waals surface area (Å²) < 4.78 is 0. The predicted octanol–water partition coefficient (Wildman–Crippen LogP) is 4.29. The van der Waals surface area contributed by atoms with Gasteiger partial charge in [-0.3, -0.25) is 4.90 Å². The van der Waals surface area contributed by atoms with E-state index in [0.29, 0.717) is 6.04 Å². The summed E-state index contributed by atoms with van der Waals surface area (Å²) in [6, 6.07) is 0.561. The van der Waals surface area contributed by atoms with Crippen LogP contribution in [0.3, 0.4) is 0 Å². The smallest absolute Gasteiger partial charge is 0.0705 e. The average Bonchev–Trinajstić information content (AvgIpc) is 2.57. The van der Waals surface area contributed by atoms with E-state index < -0.39 is 11.2 Å². The molecule has 0 bridgehead atoms. The van der Waals surface area contributed by atoms with E-state index in [1.807, 2.05) is 0 Å². The van der Waals surface area contributed by atoms with E-state index in [4.69, 9.17) is 0 Å². The van der Waals surface area contributed by atoms with Crippen LogP contribution >= 0.6 is 0 Å². The van der Waals surface area contributed by atoms with Crippen LogP contribution in [0.15, 0.2) is 0 Å². The first-order valence-corrected chi connectivity index (χ1v) is 11.6. The number of aliphatic hydroxyl groups is 2. The lowest BCUT2D eigenvalue weighted by Crippen LogP contribution is -2.66. The molecule has 0 radical (unpaired) electrons. The Labute approximate surface area is 174 Å². The Hall–Kier alpha value is -0.160. The first-order chi connectivity index (χ1) is 12.7. The van der Waals surface area contributed by atoms with Crippen molar-refractivity contribution >= 4 is 0 Å². The van der Waals surface area contributed by atoms with Gasteiger partial charge < -0.3 is 15.1 Å². The lowest BCUT2D eigenvalue weighted by Gasteiger charge is -2.59. The van der Waals surface area contributed by atoms with Crippen LogP contribution in [0.2, 0.25) is 0 Å². The summed E-state index contributed by atoms with van der Waals surface area (Å²) in [5.41, 5.74) is -1.24. The van der Waals surface area contributed by atoms with Crippen LogP contribution in [0.5, 0.6) is 0 Å². The van der Waals surface area contributed by atoms with E-state index in [1.165, 1.54) is 0 Å². The molecule has 0 aliphatic carbocycles. The van der Waals surface area contributed by atoms with Crippen molar-refractivity contribution in [1.82, 2.24) is 9.80 Å². The molecule has 2 aliphatic heterocycles. The van der Waals surface area contributed by atoms with Gasteiger partial charge in [0.1, 0.15) is 0 Å². The standard InChI is InChI=1S/C24H48N2O2/c1-18(2)24(28)16-21(6,7)25(9)22(8,17-24)11-10-20(5)23(27)12-14-26(15-13-23)19(3)4/h18-20,27-28H,10-17H2,1-9H3. The van der Waals surface area contributed by atoms with Crippen molar-refractivity contribution < 1.29 is 10.2 Å². The number of rotatable bonds is 6. The molecule has 3 unspecified atom stereocenters. The van der Waals surface area contributed by atoms with Crippen molar-refractivity contribution in [2.75, 3.05) is 20.1 Å². The molecule has 2 aliphatic rings. The van der Waals surface area contributed by atoms with Gasteiger partial charge >= 0.3 is 0 Å². The molecule has 2 heterocycles. The van der Waals surface area contributed by atoms with Gasteiger partial charge in [0.05, 0.1) is 11.2 Å². The number of nitrogens with zero attached hydrogens (tertiary/aromatic N) is 2. The van der Waals surface area contributed by atoms with Gasteiger partial charge in [0.15, 0.2) is 0 Å². The highest BCUT2D eigenvalue weighted by Crippen LogP contribution is 2.48. The molecule has 2 saturated heterocycles. The van der Waals surface area contributed by atoms with Crippen molar-refractivity contribution in [3.63, 3.8) is 0 Å². The molecule has 0 spiro atoms. The molecular formula is C24H48N2O2. The van der Waals surface area contributed by atoms with E-state index in [2.05, 4.69) is 72.2 Å². The molecule has 0 saturated carbocycles. The molecular weight excluding hydrogens is 348 g/mol. The molecule has 28 heavy (non-hydrogen) atoms. The Bertz CT molecular complexity index is 525. The van der Waals surface area contributed by atoms with Crippen LogP contribution < -0.4 is 0 Å². The second kappa shape index (κ2) is 8.17. The van der Waals surface area contributed by atoms with Gasteiger partial charge in [-0.25, -0.2) is 0 Å². The Kier molecular flexibility index (Phi) is 7.03. The van der Waals surface area contributed by atoms with Gasteiger partial charge in [0.2, 0.25) is 0 Å². The quantitative estimate of drug-likeness (QED) is 0.703. The van der Waals surface area contributed by atoms with Crippen molar-refractivity contribution in [3.8, 4) is 0 Å². The van der Waals surface area contributed by atoms with Crippen LogP contribution in [0.1, 0.15) is 93.9 Å². The number of piperidine rings is 2. The average molecular weight is 397 g/mol. The molecule has 0 amide bonds. The molecule has 4 heteroatoms. The Balaban J connectivity index is 2.07. The summed E-state index contributed by atoms with van der Waals surface area (Å²) in [5, 5.41) is 22.7. The lowest BCUT2D eigenvalue weighted by molar-refractivity contribution is -0.155. The minimum Gasteiger partial charge on any atom is -0.390 e. The van der Waals surface area contributed by atoms with Gasteiger partial charge in [-0.2, -0.15) is 0 Å². The topological polar surface area (TPSA) is 46.9 Å². The van der Waals surface area contributed by atoms with Gasteiger partial charge in [0, 0.05) is 30.2 Å². The third kappa shape index (κ3) is 4.77. The predicted molar refractivity (Wildman–Crippen MR) is 119 cm³/mol. The van der Waals surface area contributed by atoms with Crippen LogP contribution in [-0.4, -0.2) is 68.5 Å². The molecule has 4 nitrogen and oxygen atoms in total. The van der Waals surface area contributed by atoms with Crippen molar-refractivity contribution in [3.05, 3.63) is 0 Å². The van der Waals surface area contributed by atoms with Gasteiger partial charge in [-0.05, 0) is 92.0 Å². The molecule has 3 atom stereocenters. The molecule has 0 aromatic rings. The fraction of sp³-hybridized carbons (Fsp3) is 1.00. The second-order valence-electron chi connectivity index (χ2n) is 11.7. The minimum absolute atomic E-state index is 0.0330. The fourth-order valence-corrected chi connectivity index (χ4v) is 5.82. The van der Waals surface area contributed by atoms with Gasteiger partial charge in [0.25, 0.3) is 0 Å². The molecule has 0 aromatic heterocycles. The molecule has 2 N–H and O–H groups in total. The molecule has 2 rings (SSSR count). The maximum Gasteiger partial charge on any atom is 0.0705 e. The van der Waals surface area contributed by atoms with E-state index in [1.54, 1.807) is 0 Å². The zero-order chi connectivity index (χ0) is 21.5. The Morgan fingerprint density at radius 3 is 1.86 bits per heavy atom. The lowest BCUT2D eigenvalue weighted by atomic mass is 9.64. The monoisotopic (exact) mass is 396 g/mol. The summed E-state index contributed by atoms with van der Waals surface area (Å²) in [6.45, 7) is 19.8. The van der Waals surface area contributed by atoms with E-state index >= 15 is 0 Å². The summed E-state index contributed by atoms with van der Waals surface area (Å²) in [6.07, 6.45) is 5.39. The number of hydrogen-bond acceptors (Lipinski definition) is 4. The Morgan fingerprint density at radius 2 is 1.39 bits per heavy atom. The zero-order valence-corrected chi connectivity index (χ0v) is 20.2. The van der Waals surface area contributed by atoms with E-state index in [-0.39, 0.29) is 22.9 Å². The highest BCUT2D eigenvalue weighted by atomic mass is 16.3. The fourth-order valence-electron chi connectivity index (χ4n) is 5.82. The Morgan fingerprint density at radius 1 is 0.857 bits per heavy atom. The maximum absolute atomic E-state index is 11.4. The normalized spacial score (nSPS) is 35.5. The summed E-state index contributed by atoms with van der Waals surface area (Å²) in [5.74, 6) is 0.533. The van der Waals surface area contributed by atoms with Crippen LogP contribution in [0, 0.1) is 11.8 Å². The zero-order valence-electron chi connectivity index (χ0n) is 20.2. The van der Waals surface area contributed by atoms with Crippen LogP contribution in [0.25, 0.3) is 0 Å². The summed E-state index contributed by atoms with van der Waals surface area (Å²) in [4.78, 5) is 4.97. The molecule has 2 fully saturated rings.